The number of benzene rings is 1. The van der Waals surface area contributed by atoms with Crippen molar-refractivity contribution >= 4 is 27.9 Å². The smallest absolute Gasteiger partial charge is 0.315 e. The van der Waals surface area contributed by atoms with Crippen LogP contribution in [0.15, 0.2) is 33.3 Å². The summed E-state index contributed by atoms with van der Waals surface area (Å²) in [4.78, 5) is 15.9. The van der Waals surface area contributed by atoms with E-state index in [0.29, 0.717) is 5.82 Å². The summed E-state index contributed by atoms with van der Waals surface area (Å²) >= 11 is 3.40. The van der Waals surface area contributed by atoms with Crippen LogP contribution < -0.4 is 5.32 Å². The molecule has 1 aliphatic rings. The van der Waals surface area contributed by atoms with Crippen molar-refractivity contribution in [2.45, 2.75) is 19.3 Å². The van der Waals surface area contributed by atoms with Crippen molar-refractivity contribution < 1.29 is 9.32 Å². The van der Waals surface area contributed by atoms with Gasteiger partial charge >= 0.3 is 6.01 Å². The number of carbonyl (C=O) groups is 1. The van der Waals surface area contributed by atoms with Crippen molar-refractivity contribution in [3.63, 3.8) is 0 Å². The first-order valence-corrected chi connectivity index (χ1v) is 6.79. The number of nitrogens with one attached hydrogen (secondary N) is 1. The van der Waals surface area contributed by atoms with Gasteiger partial charge in [-0.2, -0.15) is 4.98 Å². The lowest BCUT2D eigenvalue weighted by Crippen LogP contribution is -2.14. The van der Waals surface area contributed by atoms with E-state index >= 15 is 0 Å². The third-order valence-electron chi connectivity index (χ3n) is 3.18. The molecule has 0 saturated heterocycles. The highest BCUT2D eigenvalue weighted by atomic mass is 79.9. The number of nitrogens with zero attached hydrogens (tertiary/aromatic N) is 2. The third kappa shape index (κ3) is 2.68. The van der Waals surface area contributed by atoms with E-state index < -0.39 is 0 Å². The molecule has 1 saturated carbocycles. The second-order valence-corrected chi connectivity index (χ2v) is 5.55. The van der Waals surface area contributed by atoms with Crippen LogP contribution >= 0.6 is 15.9 Å². The Hall–Kier alpha value is -1.69. The van der Waals surface area contributed by atoms with E-state index in [1.807, 2.05) is 24.3 Å². The Kier molecular flexibility index (Phi) is 3.10. The molecule has 0 spiro atoms. The monoisotopic (exact) mass is 321 g/mol. The van der Waals surface area contributed by atoms with E-state index in [0.717, 1.165) is 10.9 Å². The van der Waals surface area contributed by atoms with Gasteiger partial charge in [0.25, 0.3) is 0 Å². The van der Waals surface area contributed by atoms with Crippen LogP contribution in [0.3, 0.4) is 0 Å². The maximum atomic E-state index is 12.0. The molecule has 1 fully saturated rings. The quantitative estimate of drug-likeness (QED) is 0.943. The highest BCUT2D eigenvalue weighted by Crippen LogP contribution is 2.48. The molecule has 1 aliphatic carbocycles. The molecule has 19 heavy (non-hydrogen) atoms. The SMILES string of the molecule is Cc1noc(NC(=O)[C@@H]2C[C@H]2c2ccc(Br)cc2)n1. The van der Waals surface area contributed by atoms with Gasteiger partial charge in [-0.25, -0.2) is 0 Å². The first-order valence-electron chi connectivity index (χ1n) is 6.00. The highest BCUT2D eigenvalue weighted by Gasteiger charge is 2.44. The summed E-state index contributed by atoms with van der Waals surface area (Å²) in [7, 11) is 0. The number of aromatic nitrogens is 2. The van der Waals surface area contributed by atoms with Crippen molar-refractivity contribution in [3.05, 3.63) is 40.1 Å². The van der Waals surface area contributed by atoms with Crippen molar-refractivity contribution in [1.82, 2.24) is 10.1 Å². The van der Waals surface area contributed by atoms with Crippen LogP contribution in [-0.2, 0) is 4.79 Å². The van der Waals surface area contributed by atoms with Gasteiger partial charge in [0.05, 0.1) is 0 Å². The van der Waals surface area contributed by atoms with Crippen LogP contribution in [0.5, 0.6) is 0 Å². The molecular weight excluding hydrogens is 310 g/mol. The van der Waals surface area contributed by atoms with Crippen molar-refractivity contribution in [2.75, 3.05) is 5.32 Å². The van der Waals surface area contributed by atoms with Crippen LogP contribution in [0.1, 0.15) is 23.7 Å². The summed E-state index contributed by atoms with van der Waals surface area (Å²) in [6, 6.07) is 8.23. The lowest BCUT2D eigenvalue weighted by molar-refractivity contribution is -0.117. The number of hydrogen-bond donors (Lipinski definition) is 1. The van der Waals surface area contributed by atoms with Crippen LogP contribution in [0, 0.1) is 12.8 Å². The zero-order valence-electron chi connectivity index (χ0n) is 10.3. The first-order chi connectivity index (χ1) is 9.13. The summed E-state index contributed by atoms with van der Waals surface area (Å²) in [5.74, 6) is 0.734. The molecule has 1 heterocycles. The molecular formula is C13H12BrN3O2. The van der Waals surface area contributed by atoms with Gasteiger partial charge in [0.2, 0.25) is 5.91 Å². The van der Waals surface area contributed by atoms with E-state index in [4.69, 9.17) is 4.52 Å². The number of aryl methyl sites for hydroxylation is 1. The molecule has 5 nitrogen and oxygen atoms in total. The Bertz CT molecular complexity index is 609. The minimum atomic E-state index is -0.0587. The Morgan fingerprint density at radius 3 is 2.79 bits per heavy atom. The minimum absolute atomic E-state index is 0.00613. The molecule has 1 aromatic carbocycles. The Labute approximate surface area is 118 Å². The first kappa shape index (κ1) is 12.3. The Morgan fingerprint density at radius 2 is 2.16 bits per heavy atom. The number of anilines is 1. The number of amides is 1. The van der Waals surface area contributed by atoms with Gasteiger partial charge in [-0.1, -0.05) is 33.2 Å². The predicted octanol–water partition coefficient (Wildman–Crippen LogP) is 2.88. The molecule has 0 unspecified atom stereocenters. The average Bonchev–Trinajstić information content (AvgIpc) is 3.08. The molecule has 1 N–H and O–H groups in total. The number of rotatable bonds is 3. The predicted molar refractivity (Wildman–Crippen MR) is 72.7 cm³/mol. The fourth-order valence-electron chi connectivity index (χ4n) is 2.11. The summed E-state index contributed by atoms with van der Waals surface area (Å²) in [5, 5.41) is 6.28. The van der Waals surface area contributed by atoms with Gasteiger partial charge in [-0.15, -0.1) is 0 Å². The van der Waals surface area contributed by atoms with E-state index in [-0.39, 0.29) is 23.8 Å². The van der Waals surface area contributed by atoms with Crippen molar-refractivity contribution in [2.24, 2.45) is 5.92 Å². The normalized spacial score (nSPS) is 21.2. The zero-order valence-corrected chi connectivity index (χ0v) is 11.8. The van der Waals surface area contributed by atoms with Gasteiger partial charge in [-0.05, 0) is 37.0 Å². The molecule has 3 rings (SSSR count). The van der Waals surface area contributed by atoms with E-state index in [9.17, 15) is 4.79 Å². The second kappa shape index (κ2) is 4.77. The zero-order chi connectivity index (χ0) is 13.4. The number of carbonyl (C=O) groups excluding carboxylic acids is 1. The number of hydrogen-bond acceptors (Lipinski definition) is 4. The largest absolute Gasteiger partial charge is 0.328 e. The lowest BCUT2D eigenvalue weighted by atomic mass is 10.1. The van der Waals surface area contributed by atoms with E-state index in [1.165, 1.54) is 5.56 Å². The molecule has 1 aromatic heterocycles. The lowest BCUT2D eigenvalue weighted by Gasteiger charge is -2.01. The van der Waals surface area contributed by atoms with Gasteiger partial charge in [0.1, 0.15) is 0 Å². The Morgan fingerprint density at radius 1 is 1.42 bits per heavy atom. The summed E-state index contributed by atoms with van der Waals surface area (Å²) in [6.45, 7) is 1.71. The van der Waals surface area contributed by atoms with Gasteiger partial charge in [0, 0.05) is 10.4 Å². The summed E-state index contributed by atoms with van der Waals surface area (Å²) < 4.78 is 5.91. The van der Waals surface area contributed by atoms with E-state index in [1.54, 1.807) is 6.92 Å². The topological polar surface area (TPSA) is 68.0 Å². The fraction of sp³-hybridized carbons (Fsp3) is 0.308. The summed E-state index contributed by atoms with van der Waals surface area (Å²) in [6.07, 6.45) is 0.862. The average molecular weight is 322 g/mol. The van der Waals surface area contributed by atoms with E-state index in [2.05, 4.69) is 31.4 Å². The maximum Gasteiger partial charge on any atom is 0.328 e. The van der Waals surface area contributed by atoms with Gasteiger partial charge < -0.3 is 4.52 Å². The molecule has 2 atom stereocenters. The molecule has 0 radical (unpaired) electrons. The molecule has 98 valence electrons. The second-order valence-electron chi connectivity index (χ2n) is 4.64. The minimum Gasteiger partial charge on any atom is -0.315 e. The van der Waals surface area contributed by atoms with Crippen LogP contribution in [0.4, 0.5) is 6.01 Å². The van der Waals surface area contributed by atoms with Crippen LogP contribution in [0.25, 0.3) is 0 Å². The number of halogens is 1. The van der Waals surface area contributed by atoms with Gasteiger partial charge in [0.15, 0.2) is 5.82 Å². The molecule has 0 aliphatic heterocycles. The van der Waals surface area contributed by atoms with Crippen LogP contribution in [0.2, 0.25) is 0 Å². The standard InChI is InChI=1S/C13H12BrN3O2/c1-7-15-13(19-17-7)16-12(18)11-6-10(11)8-2-4-9(14)5-3-8/h2-5,10-11H,6H2,1H3,(H,15,16,17,18)/t10-,11+/m0/s1. The summed E-state index contributed by atoms with van der Waals surface area (Å²) in [5.41, 5.74) is 1.19. The van der Waals surface area contributed by atoms with Crippen LogP contribution in [-0.4, -0.2) is 16.0 Å². The van der Waals surface area contributed by atoms with Crippen molar-refractivity contribution in [1.29, 1.82) is 0 Å². The third-order valence-corrected chi connectivity index (χ3v) is 3.71. The fourth-order valence-corrected chi connectivity index (χ4v) is 2.37. The Balaban J connectivity index is 1.63. The van der Waals surface area contributed by atoms with Gasteiger partial charge in [-0.3, -0.25) is 10.1 Å². The van der Waals surface area contributed by atoms with Crippen molar-refractivity contribution in [3.8, 4) is 0 Å². The molecule has 0 bridgehead atoms. The maximum absolute atomic E-state index is 12.0. The highest BCUT2D eigenvalue weighted by molar-refractivity contribution is 9.10. The molecule has 6 heteroatoms. The molecule has 1 amide bonds. The molecule has 2 aromatic rings.